The molecule has 98 valence electrons. The predicted octanol–water partition coefficient (Wildman–Crippen LogP) is 2.39. The van der Waals surface area contributed by atoms with Gasteiger partial charge in [-0.3, -0.25) is 9.69 Å². The average molecular weight is 239 g/mol. The normalized spacial score (nSPS) is 30.6. The van der Waals surface area contributed by atoms with E-state index in [4.69, 9.17) is 4.74 Å². The number of likely N-dealkylation sites (tertiary alicyclic amines) is 1. The van der Waals surface area contributed by atoms with Crippen molar-refractivity contribution in [1.82, 2.24) is 4.90 Å². The van der Waals surface area contributed by atoms with Gasteiger partial charge in [0.15, 0.2) is 0 Å². The highest BCUT2D eigenvalue weighted by Crippen LogP contribution is 2.20. The van der Waals surface area contributed by atoms with E-state index in [2.05, 4.69) is 4.90 Å². The van der Waals surface area contributed by atoms with Crippen LogP contribution in [0.1, 0.15) is 51.9 Å². The lowest BCUT2D eigenvalue weighted by Crippen LogP contribution is -2.44. The van der Waals surface area contributed by atoms with Crippen molar-refractivity contribution >= 4 is 5.78 Å². The van der Waals surface area contributed by atoms with Crippen LogP contribution in [0.3, 0.4) is 0 Å². The maximum Gasteiger partial charge on any atom is 0.146 e. The quantitative estimate of drug-likeness (QED) is 0.738. The first kappa shape index (κ1) is 13.0. The van der Waals surface area contributed by atoms with Crippen molar-refractivity contribution in [3.63, 3.8) is 0 Å². The van der Waals surface area contributed by atoms with Crippen molar-refractivity contribution in [1.29, 1.82) is 0 Å². The maximum absolute atomic E-state index is 11.6. The Labute approximate surface area is 105 Å². The second-order valence-corrected chi connectivity index (χ2v) is 5.44. The van der Waals surface area contributed by atoms with Crippen LogP contribution in [0.15, 0.2) is 0 Å². The minimum atomic E-state index is 0.202. The summed E-state index contributed by atoms with van der Waals surface area (Å²) in [5.74, 6) is 0.349. The fourth-order valence-corrected chi connectivity index (χ4v) is 3.11. The lowest BCUT2D eigenvalue weighted by Gasteiger charge is -2.34. The first-order valence-corrected chi connectivity index (χ1v) is 7.13. The van der Waals surface area contributed by atoms with Gasteiger partial charge in [-0.05, 0) is 58.5 Å². The minimum Gasteiger partial charge on any atom is -0.378 e. The van der Waals surface area contributed by atoms with Gasteiger partial charge < -0.3 is 4.74 Å². The smallest absolute Gasteiger partial charge is 0.146 e. The molecule has 2 rings (SSSR count). The minimum absolute atomic E-state index is 0.202. The second kappa shape index (κ2) is 6.50. The summed E-state index contributed by atoms with van der Waals surface area (Å²) in [4.78, 5) is 14.0. The lowest BCUT2D eigenvalue weighted by atomic mass is 9.98. The van der Waals surface area contributed by atoms with Gasteiger partial charge >= 0.3 is 0 Å². The van der Waals surface area contributed by atoms with Gasteiger partial charge in [0.1, 0.15) is 5.78 Å². The molecule has 0 spiro atoms. The zero-order chi connectivity index (χ0) is 12.1. The van der Waals surface area contributed by atoms with Crippen LogP contribution in [0, 0.1) is 0 Å². The Morgan fingerprint density at radius 2 is 2.18 bits per heavy atom. The van der Waals surface area contributed by atoms with Crippen LogP contribution in [-0.2, 0) is 9.53 Å². The molecule has 17 heavy (non-hydrogen) atoms. The number of hydrogen-bond acceptors (Lipinski definition) is 3. The average Bonchev–Trinajstić information content (AvgIpc) is 2.82. The zero-order valence-corrected chi connectivity index (χ0v) is 11.0. The first-order chi connectivity index (χ1) is 8.27. The van der Waals surface area contributed by atoms with Crippen molar-refractivity contribution in [2.75, 3.05) is 19.7 Å². The number of ether oxygens (including phenoxy) is 1. The van der Waals surface area contributed by atoms with E-state index in [-0.39, 0.29) is 6.04 Å². The summed E-state index contributed by atoms with van der Waals surface area (Å²) in [7, 11) is 0. The number of carbonyl (C=O) groups is 1. The van der Waals surface area contributed by atoms with Gasteiger partial charge in [-0.15, -0.1) is 0 Å². The molecule has 2 atom stereocenters. The van der Waals surface area contributed by atoms with Crippen molar-refractivity contribution in [3.8, 4) is 0 Å². The van der Waals surface area contributed by atoms with Crippen molar-refractivity contribution in [2.24, 2.45) is 0 Å². The van der Waals surface area contributed by atoms with Crippen LogP contribution in [0.5, 0.6) is 0 Å². The number of Topliss-reactive ketones (excluding diaryl/α,β-unsaturated/α-hetero) is 1. The largest absolute Gasteiger partial charge is 0.378 e. The summed E-state index contributed by atoms with van der Waals surface area (Å²) >= 11 is 0. The Morgan fingerprint density at radius 3 is 2.88 bits per heavy atom. The van der Waals surface area contributed by atoms with E-state index in [0.29, 0.717) is 11.9 Å². The number of nitrogens with zero attached hydrogens (tertiary/aromatic N) is 1. The Bertz CT molecular complexity index is 249. The summed E-state index contributed by atoms with van der Waals surface area (Å²) in [6.07, 6.45) is 8.83. The highest BCUT2D eigenvalue weighted by Gasteiger charge is 2.25. The molecule has 0 N–H and O–H groups in total. The number of rotatable bonds is 5. The summed E-state index contributed by atoms with van der Waals surface area (Å²) in [6, 6.07) is 0.202. The summed E-state index contributed by atoms with van der Waals surface area (Å²) in [5, 5.41) is 0. The Morgan fingerprint density at radius 1 is 1.29 bits per heavy atom. The Kier molecular flexibility index (Phi) is 4.99. The molecule has 2 saturated heterocycles. The Balaban J connectivity index is 1.70. The van der Waals surface area contributed by atoms with Crippen LogP contribution >= 0.6 is 0 Å². The highest BCUT2D eigenvalue weighted by atomic mass is 16.5. The molecule has 3 nitrogen and oxygen atoms in total. The standard InChI is InChI=1S/C14H25NO2/c1-12(16)14-8-2-3-9-15(14)10-4-6-13-7-5-11-17-13/h13-14H,2-11H2,1H3. The molecule has 2 aliphatic heterocycles. The SMILES string of the molecule is CC(=O)C1CCCCN1CCCC1CCCO1. The van der Waals surface area contributed by atoms with E-state index >= 15 is 0 Å². The van der Waals surface area contributed by atoms with Crippen LogP contribution in [0.4, 0.5) is 0 Å². The monoisotopic (exact) mass is 239 g/mol. The summed E-state index contributed by atoms with van der Waals surface area (Å²) < 4.78 is 5.63. The van der Waals surface area contributed by atoms with Crippen LogP contribution < -0.4 is 0 Å². The molecule has 0 bridgehead atoms. The molecule has 0 radical (unpaired) electrons. The van der Waals surface area contributed by atoms with Gasteiger partial charge in [-0.25, -0.2) is 0 Å². The summed E-state index contributed by atoms with van der Waals surface area (Å²) in [6.45, 7) is 4.87. The summed E-state index contributed by atoms with van der Waals surface area (Å²) in [5.41, 5.74) is 0. The molecular formula is C14H25NO2. The maximum atomic E-state index is 11.6. The predicted molar refractivity (Wildman–Crippen MR) is 68.1 cm³/mol. The molecule has 0 saturated carbocycles. The third-order valence-corrected chi connectivity index (χ3v) is 4.08. The number of piperidine rings is 1. The van der Waals surface area contributed by atoms with Crippen molar-refractivity contribution < 1.29 is 9.53 Å². The van der Waals surface area contributed by atoms with E-state index in [1.165, 1.54) is 38.5 Å². The van der Waals surface area contributed by atoms with E-state index < -0.39 is 0 Å². The van der Waals surface area contributed by atoms with Crippen molar-refractivity contribution in [3.05, 3.63) is 0 Å². The van der Waals surface area contributed by atoms with Gasteiger partial charge in [-0.2, -0.15) is 0 Å². The molecule has 2 unspecified atom stereocenters. The fraction of sp³-hybridized carbons (Fsp3) is 0.929. The van der Waals surface area contributed by atoms with Gasteiger partial charge in [-0.1, -0.05) is 6.42 Å². The molecule has 2 fully saturated rings. The molecule has 2 heterocycles. The van der Waals surface area contributed by atoms with Gasteiger partial charge in [0.25, 0.3) is 0 Å². The molecule has 0 aliphatic carbocycles. The van der Waals surface area contributed by atoms with Gasteiger partial charge in [0, 0.05) is 6.61 Å². The van der Waals surface area contributed by atoms with Gasteiger partial charge in [0.2, 0.25) is 0 Å². The van der Waals surface area contributed by atoms with Crippen LogP contribution in [-0.4, -0.2) is 42.5 Å². The number of ketones is 1. The number of carbonyl (C=O) groups excluding carboxylic acids is 1. The third kappa shape index (κ3) is 3.78. The van der Waals surface area contributed by atoms with E-state index in [1.807, 2.05) is 0 Å². The number of hydrogen-bond donors (Lipinski definition) is 0. The topological polar surface area (TPSA) is 29.5 Å². The van der Waals surface area contributed by atoms with Crippen LogP contribution in [0.2, 0.25) is 0 Å². The zero-order valence-electron chi connectivity index (χ0n) is 11.0. The van der Waals surface area contributed by atoms with E-state index in [9.17, 15) is 4.79 Å². The third-order valence-electron chi connectivity index (χ3n) is 4.08. The van der Waals surface area contributed by atoms with Crippen molar-refractivity contribution in [2.45, 2.75) is 64.0 Å². The molecule has 0 amide bonds. The fourth-order valence-electron chi connectivity index (χ4n) is 3.11. The Hall–Kier alpha value is -0.410. The molecule has 0 aromatic carbocycles. The molecule has 0 aromatic heterocycles. The molecule has 3 heteroatoms. The van der Waals surface area contributed by atoms with Gasteiger partial charge in [0.05, 0.1) is 12.1 Å². The highest BCUT2D eigenvalue weighted by molar-refractivity contribution is 5.81. The van der Waals surface area contributed by atoms with E-state index in [0.717, 1.165) is 26.1 Å². The molecular weight excluding hydrogens is 214 g/mol. The first-order valence-electron chi connectivity index (χ1n) is 7.13. The molecule has 0 aromatic rings. The second-order valence-electron chi connectivity index (χ2n) is 5.44. The molecule has 2 aliphatic rings. The van der Waals surface area contributed by atoms with E-state index in [1.54, 1.807) is 6.92 Å². The lowest BCUT2D eigenvalue weighted by molar-refractivity contribution is -0.123. The van der Waals surface area contributed by atoms with Crippen LogP contribution in [0.25, 0.3) is 0 Å².